The van der Waals surface area contributed by atoms with Crippen LogP contribution in [0.3, 0.4) is 0 Å². The first-order chi connectivity index (χ1) is 10.5. The van der Waals surface area contributed by atoms with E-state index in [0.717, 1.165) is 5.56 Å². The molecule has 22 heavy (non-hydrogen) atoms. The molecule has 1 aromatic heterocycles. The molecule has 0 radical (unpaired) electrons. The van der Waals surface area contributed by atoms with E-state index in [9.17, 15) is 13.2 Å². The van der Waals surface area contributed by atoms with Gasteiger partial charge in [0.25, 0.3) is 5.91 Å². The van der Waals surface area contributed by atoms with E-state index in [1.165, 1.54) is 15.6 Å². The van der Waals surface area contributed by atoms with Crippen LogP contribution in [0, 0.1) is 6.92 Å². The fraction of sp³-hybridized carbons (Fsp3) is 0.267. The smallest absolute Gasteiger partial charge is 0.265 e. The van der Waals surface area contributed by atoms with Gasteiger partial charge in [-0.15, -0.1) is 11.3 Å². The predicted molar refractivity (Wildman–Crippen MR) is 89.2 cm³/mol. The molecule has 1 saturated heterocycles. The number of thiophene rings is 1. The lowest BCUT2D eigenvalue weighted by Crippen LogP contribution is -2.24. The van der Waals surface area contributed by atoms with Crippen molar-refractivity contribution in [2.24, 2.45) is 0 Å². The number of rotatable bonds is 3. The van der Waals surface area contributed by atoms with E-state index in [-0.39, 0.29) is 11.7 Å². The zero-order chi connectivity index (χ0) is 15.7. The summed E-state index contributed by atoms with van der Waals surface area (Å²) in [5, 5.41) is 4.71. The summed E-state index contributed by atoms with van der Waals surface area (Å²) in [5.41, 5.74) is 2.24. The number of sulfonamides is 1. The van der Waals surface area contributed by atoms with Crippen LogP contribution in [-0.2, 0) is 10.0 Å². The molecule has 1 aliphatic rings. The first-order valence-corrected chi connectivity index (χ1v) is 9.42. The van der Waals surface area contributed by atoms with E-state index in [1.807, 2.05) is 18.4 Å². The van der Waals surface area contributed by atoms with Gasteiger partial charge in [0, 0.05) is 12.2 Å². The fourth-order valence-corrected chi connectivity index (χ4v) is 4.82. The van der Waals surface area contributed by atoms with Crippen molar-refractivity contribution in [1.29, 1.82) is 0 Å². The van der Waals surface area contributed by atoms with Gasteiger partial charge in [0.1, 0.15) is 0 Å². The minimum absolute atomic E-state index is 0.144. The second kappa shape index (κ2) is 5.73. The van der Waals surface area contributed by atoms with E-state index in [4.69, 9.17) is 0 Å². The van der Waals surface area contributed by atoms with E-state index < -0.39 is 10.0 Å². The molecule has 5 nitrogen and oxygen atoms in total. The minimum Gasteiger partial charge on any atom is -0.321 e. The van der Waals surface area contributed by atoms with Gasteiger partial charge in [-0.3, -0.25) is 9.10 Å². The Balaban J connectivity index is 1.75. The molecular weight excluding hydrogens is 320 g/mol. The van der Waals surface area contributed by atoms with Crippen LogP contribution in [-0.4, -0.2) is 26.6 Å². The highest BCUT2D eigenvalue weighted by atomic mass is 32.2. The highest BCUT2D eigenvalue weighted by Crippen LogP contribution is 2.26. The molecule has 2 heterocycles. The standard InChI is InChI=1S/C15H16N2O3S2/c1-11-7-9-21-14(11)15(18)16-12-3-5-13(6-4-12)17-8-2-10-22(17,19)20/h3-7,9H,2,8,10H2,1H3,(H,16,18). The van der Waals surface area contributed by atoms with Crippen LogP contribution in [0.4, 0.5) is 11.4 Å². The SMILES string of the molecule is Cc1ccsc1C(=O)Nc1ccc(N2CCCS2(=O)=O)cc1. The Bertz CT molecular complexity index is 794. The molecule has 0 saturated carbocycles. The zero-order valence-electron chi connectivity index (χ0n) is 12.1. The number of hydrogen-bond donors (Lipinski definition) is 1. The van der Waals surface area contributed by atoms with Gasteiger partial charge < -0.3 is 5.32 Å². The van der Waals surface area contributed by atoms with Crippen molar-refractivity contribution in [2.75, 3.05) is 21.9 Å². The average molecular weight is 336 g/mol. The zero-order valence-corrected chi connectivity index (χ0v) is 13.7. The van der Waals surface area contributed by atoms with E-state index in [2.05, 4.69) is 5.32 Å². The summed E-state index contributed by atoms with van der Waals surface area (Å²) in [7, 11) is -3.17. The predicted octanol–water partition coefficient (Wildman–Crippen LogP) is 2.85. The van der Waals surface area contributed by atoms with Crippen molar-refractivity contribution in [3.8, 4) is 0 Å². The van der Waals surface area contributed by atoms with Gasteiger partial charge in [0.15, 0.2) is 0 Å². The lowest BCUT2D eigenvalue weighted by Gasteiger charge is -2.17. The number of amides is 1. The third-order valence-electron chi connectivity index (χ3n) is 3.58. The first kappa shape index (κ1) is 15.1. The van der Waals surface area contributed by atoms with Crippen molar-refractivity contribution in [2.45, 2.75) is 13.3 Å². The molecule has 0 atom stereocenters. The number of carbonyl (C=O) groups excluding carboxylic acids is 1. The molecule has 2 aromatic rings. The Hall–Kier alpha value is -1.86. The molecule has 1 amide bonds. The second-order valence-corrected chi connectivity index (χ2v) is 8.10. The van der Waals surface area contributed by atoms with Crippen LogP contribution >= 0.6 is 11.3 Å². The molecule has 1 fully saturated rings. The van der Waals surface area contributed by atoms with Gasteiger partial charge in [0.2, 0.25) is 10.0 Å². The Kier molecular flexibility index (Phi) is 3.92. The van der Waals surface area contributed by atoms with Gasteiger partial charge in [0.05, 0.1) is 16.3 Å². The number of anilines is 2. The fourth-order valence-electron chi connectivity index (χ4n) is 2.43. The Morgan fingerprint density at radius 3 is 2.50 bits per heavy atom. The number of aryl methyl sites for hydroxylation is 1. The van der Waals surface area contributed by atoms with Gasteiger partial charge in [-0.25, -0.2) is 8.42 Å². The number of hydrogen-bond acceptors (Lipinski definition) is 4. The monoisotopic (exact) mass is 336 g/mol. The molecule has 1 aliphatic heterocycles. The summed E-state index contributed by atoms with van der Waals surface area (Å²) in [6, 6.07) is 8.80. The third-order valence-corrected chi connectivity index (χ3v) is 6.47. The Labute approximate surface area is 133 Å². The molecule has 7 heteroatoms. The summed E-state index contributed by atoms with van der Waals surface area (Å²) < 4.78 is 25.2. The van der Waals surface area contributed by atoms with Crippen molar-refractivity contribution in [3.63, 3.8) is 0 Å². The Morgan fingerprint density at radius 1 is 1.23 bits per heavy atom. The van der Waals surface area contributed by atoms with Crippen molar-refractivity contribution in [1.82, 2.24) is 0 Å². The number of benzene rings is 1. The second-order valence-electron chi connectivity index (χ2n) is 5.18. The van der Waals surface area contributed by atoms with Gasteiger partial charge in [-0.1, -0.05) is 0 Å². The molecule has 0 unspecified atom stereocenters. The van der Waals surface area contributed by atoms with Crippen LogP contribution in [0.2, 0.25) is 0 Å². The summed E-state index contributed by atoms with van der Waals surface area (Å²) in [4.78, 5) is 12.8. The maximum atomic E-state index is 12.1. The third kappa shape index (κ3) is 2.86. The van der Waals surface area contributed by atoms with Crippen LogP contribution in [0.1, 0.15) is 21.7 Å². The molecule has 116 valence electrons. The topological polar surface area (TPSA) is 66.5 Å². The summed E-state index contributed by atoms with van der Waals surface area (Å²) in [5.74, 6) is 0.0532. The summed E-state index contributed by atoms with van der Waals surface area (Å²) in [6.07, 6.45) is 0.651. The summed E-state index contributed by atoms with van der Waals surface area (Å²) in [6.45, 7) is 2.41. The molecule has 3 rings (SSSR count). The number of nitrogens with zero attached hydrogens (tertiary/aromatic N) is 1. The van der Waals surface area contributed by atoms with E-state index in [0.29, 0.717) is 29.2 Å². The van der Waals surface area contributed by atoms with Crippen molar-refractivity contribution in [3.05, 3.63) is 46.2 Å². The lowest BCUT2D eigenvalue weighted by atomic mass is 10.2. The molecule has 0 spiro atoms. The van der Waals surface area contributed by atoms with Gasteiger partial charge in [-0.05, 0) is 54.6 Å². The van der Waals surface area contributed by atoms with Gasteiger partial charge in [-0.2, -0.15) is 0 Å². The molecule has 1 aromatic carbocycles. The highest BCUT2D eigenvalue weighted by molar-refractivity contribution is 7.93. The number of carbonyl (C=O) groups is 1. The summed E-state index contributed by atoms with van der Waals surface area (Å²) >= 11 is 1.40. The quantitative estimate of drug-likeness (QED) is 0.937. The molecular formula is C15H16N2O3S2. The molecule has 0 aliphatic carbocycles. The minimum atomic E-state index is -3.17. The highest BCUT2D eigenvalue weighted by Gasteiger charge is 2.28. The van der Waals surface area contributed by atoms with Crippen molar-refractivity contribution >= 4 is 38.6 Å². The first-order valence-electron chi connectivity index (χ1n) is 6.93. The van der Waals surface area contributed by atoms with Crippen molar-refractivity contribution < 1.29 is 13.2 Å². The Morgan fingerprint density at radius 2 is 1.95 bits per heavy atom. The molecule has 0 bridgehead atoms. The van der Waals surface area contributed by atoms with Gasteiger partial charge >= 0.3 is 0 Å². The number of nitrogens with one attached hydrogen (secondary N) is 1. The maximum Gasteiger partial charge on any atom is 0.265 e. The van der Waals surface area contributed by atoms with Crippen LogP contribution in [0.15, 0.2) is 35.7 Å². The normalized spacial score (nSPS) is 16.7. The van der Waals surface area contributed by atoms with Crippen LogP contribution < -0.4 is 9.62 Å². The van der Waals surface area contributed by atoms with Crippen LogP contribution in [0.25, 0.3) is 0 Å². The van der Waals surface area contributed by atoms with Crippen LogP contribution in [0.5, 0.6) is 0 Å². The lowest BCUT2D eigenvalue weighted by molar-refractivity contribution is 0.103. The maximum absolute atomic E-state index is 12.1. The largest absolute Gasteiger partial charge is 0.321 e. The van der Waals surface area contributed by atoms with E-state index in [1.54, 1.807) is 24.3 Å². The molecule has 1 N–H and O–H groups in total. The average Bonchev–Trinajstić information content (AvgIpc) is 3.05. The van der Waals surface area contributed by atoms with E-state index >= 15 is 0 Å².